The summed E-state index contributed by atoms with van der Waals surface area (Å²) in [6, 6.07) is 8.45. The van der Waals surface area contributed by atoms with E-state index < -0.39 is 6.16 Å². The Morgan fingerprint density at radius 2 is 1.86 bits per heavy atom. The van der Waals surface area contributed by atoms with Crippen molar-refractivity contribution in [3.8, 4) is 5.75 Å². The van der Waals surface area contributed by atoms with E-state index in [1.54, 1.807) is 0 Å². The van der Waals surface area contributed by atoms with E-state index in [2.05, 4.69) is 73.1 Å². The smallest absolute Gasteiger partial charge is 0.437 e. The molecular weight excluding hydrogens is 559 g/mol. The molecule has 2 aromatic rings. The van der Waals surface area contributed by atoms with Gasteiger partial charge in [-0.15, -0.1) is 0 Å². The summed E-state index contributed by atoms with van der Waals surface area (Å²) in [5.41, 5.74) is 7.51. The zero-order valence-electron chi connectivity index (χ0n) is 21.6. The van der Waals surface area contributed by atoms with Gasteiger partial charge in [-0.05, 0) is 92.7 Å². The molecule has 7 nitrogen and oxygen atoms in total. The van der Waals surface area contributed by atoms with Crippen LogP contribution in [0, 0.1) is 17.4 Å². The van der Waals surface area contributed by atoms with Crippen LogP contribution >= 0.6 is 22.6 Å². The molecule has 0 spiro atoms. The van der Waals surface area contributed by atoms with E-state index in [4.69, 9.17) is 24.0 Å². The molecule has 8 heteroatoms. The van der Waals surface area contributed by atoms with Crippen LogP contribution in [0.3, 0.4) is 0 Å². The molecule has 1 fully saturated rings. The van der Waals surface area contributed by atoms with Crippen LogP contribution in [0.4, 0.5) is 4.79 Å². The summed E-state index contributed by atoms with van der Waals surface area (Å²) in [7, 11) is 1.30. The van der Waals surface area contributed by atoms with Crippen molar-refractivity contribution in [3.05, 3.63) is 55.9 Å². The second kappa shape index (κ2) is 12.5. The number of benzene rings is 1. The van der Waals surface area contributed by atoms with Gasteiger partial charge < -0.3 is 14.2 Å². The number of halogens is 1. The molecule has 0 aliphatic heterocycles. The maximum absolute atomic E-state index is 11.9. The maximum Gasteiger partial charge on any atom is 0.513 e. The molecule has 1 aliphatic carbocycles. The van der Waals surface area contributed by atoms with E-state index in [1.807, 2.05) is 13.8 Å². The Hall–Kier alpha value is -1.75. The minimum atomic E-state index is -0.743. The molecule has 0 bridgehead atoms. The molecule has 3 rings (SSSR count). The Labute approximate surface area is 222 Å². The first kappa shape index (κ1) is 27.8. The molecule has 1 N–H and O–H groups in total. The summed E-state index contributed by atoms with van der Waals surface area (Å²) in [6.45, 7) is 11.1. The van der Waals surface area contributed by atoms with Crippen LogP contribution in [0.5, 0.6) is 5.75 Å². The number of nitrogens with one attached hydrogen (secondary N) is 1. The summed E-state index contributed by atoms with van der Waals surface area (Å²) in [6.07, 6.45) is 3.03. The van der Waals surface area contributed by atoms with E-state index >= 15 is 0 Å². The fraction of sp³-hybridized carbons (Fsp3) is 0.556. The first-order valence-electron chi connectivity index (χ1n) is 12.1. The maximum atomic E-state index is 11.9. The number of rotatable bonds is 9. The molecule has 1 aromatic carbocycles. The molecule has 0 unspecified atom stereocenters. The van der Waals surface area contributed by atoms with E-state index in [0.717, 1.165) is 48.2 Å². The monoisotopic (exact) mass is 596 g/mol. The quantitative estimate of drug-likeness (QED) is 0.201. The fourth-order valence-corrected chi connectivity index (χ4v) is 4.64. The number of hydrogen-bond donors (Lipinski definition) is 1. The van der Waals surface area contributed by atoms with Crippen molar-refractivity contribution in [1.29, 1.82) is 0 Å². The molecule has 35 heavy (non-hydrogen) atoms. The lowest BCUT2D eigenvalue weighted by atomic mass is 9.84. The van der Waals surface area contributed by atoms with Gasteiger partial charge >= 0.3 is 6.16 Å². The van der Waals surface area contributed by atoms with Gasteiger partial charge in [-0.3, -0.25) is 9.82 Å². The standard InChI is InChI=1S/C27H37IN2O5/c1-17(2)24-23(25(34-26(31)32-6)18(3)19(4)30-24)15-29-35-22-11-13-27(5,14-12-22)33-16-20-7-9-21(28)10-8-20/h7-10,17,22,29H,11-16H2,1-6H3/t22-,27+. The third-order valence-corrected chi connectivity index (χ3v) is 7.36. The highest BCUT2D eigenvalue weighted by Gasteiger charge is 2.32. The van der Waals surface area contributed by atoms with Gasteiger partial charge in [0.2, 0.25) is 0 Å². The molecule has 192 valence electrons. The molecule has 1 saturated carbocycles. The van der Waals surface area contributed by atoms with E-state index in [0.29, 0.717) is 18.9 Å². The number of aromatic nitrogens is 1. The van der Waals surface area contributed by atoms with Gasteiger partial charge in [-0.2, -0.15) is 5.48 Å². The van der Waals surface area contributed by atoms with Gasteiger partial charge in [0.1, 0.15) is 5.75 Å². The lowest BCUT2D eigenvalue weighted by Crippen LogP contribution is -2.38. The van der Waals surface area contributed by atoms with Gasteiger partial charge in [0.25, 0.3) is 0 Å². The van der Waals surface area contributed by atoms with Crippen molar-refractivity contribution in [2.45, 2.75) is 91.1 Å². The largest absolute Gasteiger partial charge is 0.513 e. The molecule has 0 radical (unpaired) electrons. The normalized spacial score (nSPS) is 20.2. The van der Waals surface area contributed by atoms with Crippen LogP contribution in [0.15, 0.2) is 24.3 Å². The average molecular weight is 597 g/mol. The molecular formula is C27H37IN2O5. The Balaban J connectivity index is 1.57. The van der Waals surface area contributed by atoms with Crippen LogP contribution < -0.4 is 10.2 Å². The highest BCUT2D eigenvalue weighted by atomic mass is 127. The van der Waals surface area contributed by atoms with Gasteiger partial charge in [-0.1, -0.05) is 26.0 Å². The highest BCUT2D eigenvalue weighted by Crippen LogP contribution is 2.34. The number of nitrogens with zero attached hydrogens (tertiary/aromatic N) is 1. The molecule has 1 aliphatic rings. The van der Waals surface area contributed by atoms with Crippen molar-refractivity contribution in [2.24, 2.45) is 0 Å². The Morgan fingerprint density at radius 1 is 1.20 bits per heavy atom. The first-order chi connectivity index (χ1) is 16.6. The van der Waals surface area contributed by atoms with Crippen LogP contribution in [0.2, 0.25) is 0 Å². The SMILES string of the molecule is COC(=O)Oc1c(C)c(C)nc(C(C)C)c1CNO[C@H]1CC[C@@](C)(OCc2ccc(I)cc2)CC1. The van der Waals surface area contributed by atoms with Crippen molar-refractivity contribution >= 4 is 28.7 Å². The number of methoxy groups -OCH3 is 1. The Kier molecular flexibility index (Phi) is 9.92. The van der Waals surface area contributed by atoms with Crippen molar-refractivity contribution in [2.75, 3.05) is 7.11 Å². The second-order valence-corrected chi connectivity index (χ2v) is 11.0. The van der Waals surface area contributed by atoms with Crippen molar-refractivity contribution in [3.63, 3.8) is 0 Å². The molecule has 0 atom stereocenters. The fourth-order valence-electron chi connectivity index (χ4n) is 4.28. The molecule has 0 saturated heterocycles. The number of hydroxylamine groups is 1. The third kappa shape index (κ3) is 7.62. The van der Waals surface area contributed by atoms with Crippen LogP contribution in [0.1, 0.15) is 80.5 Å². The molecule has 1 aromatic heterocycles. The second-order valence-electron chi connectivity index (χ2n) is 9.73. The minimum Gasteiger partial charge on any atom is -0.437 e. The van der Waals surface area contributed by atoms with Gasteiger partial charge in [0.05, 0.1) is 37.7 Å². The lowest BCUT2D eigenvalue weighted by molar-refractivity contribution is -0.115. The number of carbonyl (C=O) groups is 1. The zero-order valence-corrected chi connectivity index (χ0v) is 23.7. The summed E-state index contributed by atoms with van der Waals surface area (Å²) in [5.74, 6) is 0.649. The number of hydrogen-bond acceptors (Lipinski definition) is 7. The van der Waals surface area contributed by atoms with Crippen molar-refractivity contribution in [1.82, 2.24) is 10.5 Å². The average Bonchev–Trinajstić information content (AvgIpc) is 2.83. The summed E-state index contributed by atoms with van der Waals surface area (Å²) < 4.78 is 17.8. The third-order valence-electron chi connectivity index (χ3n) is 6.64. The number of pyridine rings is 1. The van der Waals surface area contributed by atoms with E-state index in [9.17, 15) is 4.79 Å². The number of carbonyl (C=O) groups excluding carboxylic acids is 1. The Morgan fingerprint density at radius 3 is 2.46 bits per heavy atom. The molecule has 1 heterocycles. The number of aryl methyl sites for hydroxylation is 1. The van der Waals surface area contributed by atoms with Crippen LogP contribution in [0.25, 0.3) is 0 Å². The van der Waals surface area contributed by atoms with Crippen LogP contribution in [-0.2, 0) is 27.5 Å². The molecule has 0 amide bonds. The summed E-state index contributed by atoms with van der Waals surface area (Å²) >= 11 is 2.31. The highest BCUT2D eigenvalue weighted by molar-refractivity contribution is 14.1. The predicted molar refractivity (Wildman–Crippen MR) is 143 cm³/mol. The zero-order chi connectivity index (χ0) is 25.6. The predicted octanol–water partition coefficient (Wildman–Crippen LogP) is 6.51. The van der Waals surface area contributed by atoms with E-state index in [-0.39, 0.29) is 17.6 Å². The van der Waals surface area contributed by atoms with Gasteiger partial charge in [-0.25, -0.2) is 4.79 Å². The Bertz CT molecular complexity index is 1000. The topological polar surface area (TPSA) is 78.9 Å². The minimum absolute atomic E-state index is 0.0944. The van der Waals surface area contributed by atoms with Crippen LogP contribution in [-0.4, -0.2) is 30.0 Å². The van der Waals surface area contributed by atoms with Gasteiger partial charge in [0.15, 0.2) is 0 Å². The first-order valence-corrected chi connectivity index (χ1v) is 13.2. The van der Waals surface area contributed by atoms with Crippen molar-refractivity contribution < 1.29 is 23.8 Å². The lowest BCUT2D eigenvalue weighted by Gasteiger charge is -2.37. The number of ether oxygens (including phenoxy) is 3. The summed E-state index contributed by atoms with van der Waals surface area (Å²) in [4.78, 5) is 22.7. The van der Waals surface area contributed by atoms with E-state index in [1.165, 1.54) is 16.2 Å². The summed E-state index contributed by atoms with van der Waals surface area (Å²) in [5, 5.41) is 0. The van der Waals surface area contributed by atoms with Gasteiger partial charge in [0, 0.05) is 20.4 Å².